The van der Waals surface area contributed by atoms with Crippen molar-refractivity contribution in [2.24, 2.45) is 16.0 Å². The number of ether oxygens (including phenoxy) is 1. The Balaban J connectivity index is 2.31. The standard InChI is InChI=1S/C17H18N4O2S/c1-12(21-22)16(19-20-17(18)24)14-9-5-6-10-15(14)23-11-13-7-3-2-4-8-13/h2-10,22H,11H2,1H3,(H3,18,20,24). The van der Waals surface area contributed by atoms with Crippen molar-refractivity contribution in [2.75, 3.05) is 0 Å². The molecule has 0 heterocycles. The van der Waals surface area contributed by atoms with Gasteiger partial charge in [-0.1, -0.05) is 47.6 Å². The third-order valence-electron chi connectivity index (χ3n) is 3.15. The number of hydrogen-bond acceptors (Lipinski definition) is 5. The van der Waals surface area contributed by atoms with Crippen molar-refractivity contribution in [3.8, 4) is 5.75 Å². The molecule has 0 radical (unpaired) electrons. The van der Waals surface area contributed by atoms with Crippen molar-refractivity contribution in [3.05, 3.63) is 65.7 Å². The fraction of sp³-hybridized carbons (Fsp3) is 0.118. The Hall–Kier alpha value is -2.93. The van der Waals surface area contributed by atoms with E-state index in [1.54, 1.807) is 6.92 Å². The molecule has 2 rings (SSSR count). The first kappa shape index (κ1) is 17.4. The molecule has 0 saturated heterocycles. The molecule has 6 nitrogen and oxygen atoms in total. The zero-order chi connectivity index (χ0) is 17.4. The Kier molecular flexibility index (Phi) is 6.27. The van der Waals surface area contributed by atoms with Crippen LogP contribution in [0.5, 0.6) is 5.75 Å². The summed E-state index contributed by atoms with van der Waals surface area (Å²) in [5.41, 5.74) is 10.3. The SMILES string of the molecule is CC(=NO)C(=NNC(N)=S)c1ccccc1OCc1ccccc1. The molecule has 7 heteroatoms. The Labute approximate surface area is 145 Å². The van der Waals surface area contributed by atoms with Crippen molar-refractivity contribution in [3.63, 3.8) is 0 Å². The minimum absolute atomic E-state index is 0.0147. The van der Waals surface area contributed by atoms with Gasteiger partial charge < -0.3 is 15.7 Å². The molecule has 124 valence electrons. The fourth-order valence-corrected chi connectivity index (χ4v) is 2.06. The summed E-state index contributed by atoms with van der Waals surface area (Å²) < 4.78 is 5.90. The molecule has 0 bridgehead atoms. The third-order valence-corrected chi connectivity index (χ3v) is 3.24. The van der Waals surface area contributed by atoms with Crippen LogP contribution in [0, 0.1) is 0 Å². The van der Waals surface area contributed by atoms with Crippen LogP contribution in [0.25, 0.3) is 0 Å². The maximum absolute atomic E-state index is 9.10. The van der Waals surface area contributed by atoms with Crippen LogP contribution < -0.4 is 15.9 Å². The zero-order valence-corrected chi connectivity index (χ0v) is 14.0. The smallest absolute Gasteiger partial charge is 0.184 e. The fourth-order valence-electron chi connectivity index (χ4n) is 2.02. The van der Waals surface area contributed by atoms with Crippen molar-refractivity contribution in [1.29, 1.82) is 0 Å². The van der Waals surface area contributed by atoms with Gasteiger partial charge in [0, 0.05) is 5.56 Å². The second-order valence-corrected chi connectivity index (χ2v) is 5.33. The number of nitrogens with zero attached hydrogens (tertiary/aromatic N) is 2. The van der Waals surface area contributed by atoms with Gasteiger partial charge >= 0.3 is 0 Å². The van der Waals surface area contributed by atoms with E-state index >= 15 is 0 Å². The summed E-state index contributed by atoms with van der Waals surface area (Å²) in [7, 11) is 0. The van der Waals surface area contributed by atoms with Gasteiger partial charge in [0.25, 0.3) is 0 Å². The molecule has 0 amide bonds. The molecule has 0 fully saturated rings. The lowest BCUT2D eigenvalue weighted by molar-refractivity contribution is 0.305. The Morgan fingerprint density at radius 1 is 1.17 bits per heavy atom. The van der Waals surface area contributed by atoms with E-state index in [2.05, 4.69) is 15.7 Å². The molecule has 24 heavy (non-hydrogen) atoms. The largest absolute Gasteiger partial charge is 0.488 e. The van der Waals surface area contributed by atoms with Crippen LogP contribution in [-0.4, -0.2) is 21.7 Å². The normalized spacial score (nSPS) is 11.9. The molecule has 0 saturated carbocycles. The quantitative estimate of drug-likeness (QED) is 0.325. The Morgan fingerprint density at radius 2 is 1.83 bits per heavy atom. The summed E-state index contributed by atoms with van der Waals surface area (Å²) in [6.07, 6.45) is 0. The van der Waals surface area contributed by atoms with Gasteiger partial charge in [0.2, 0.25) is 0 Å². The highest BCUT2D eigenvalue weighted by Gasteiger charge is 2.14. The lowest BCUT2D eigenvalue weighted by atomic mass is 10.1. The predicted octanol–water partition coefficient (Wildman–Crippen LogP) is 2.65. The van der Waals surface area contributed by atoms with Crippen LogP contribution >= 0.6 is 12.2 Å². The molecule has 0 aliphatic rings. The summed E-state index contributed by atoms with van der Waals surface area (Å²) >= 11 is 4.76. The van der Waals surface area contributed by atoms with E-state index in [1.807, 2.05) is 54.6 Å². The molecule has 0 aliphatic heterocycles. The Bertz CT molecular complexity index is 760. The number of thiocarbonyl (C=S) groups is 1. The van der Waals surface area contributed by atoms with Crippen LogP contribution in [-0.2, 0) is 6.61 Å². The molecule has 0 unspecified atom stereocenters. The van der Waals surface area contributed by atoms with Gasteiger partial charge in [0.1, 0.15) is 23.8 Å². The minimum atomic E-state index is 0.0147. The molecular formula is C17H18N4O2S. The van der Waals surface area contributed by atoms with E-state index in [4.69, 9.17) is 27.9 Å². The van der Waals surface area contributed by atoms with Crippen molar-refractivity contribution in [1.82, 2.24) is 5.43 Å². The second-order valence-electron chi connectivity index (χ2n) is 4.89. The molecule has 2 aromatic rings. The van der Waals surface area contributed by atoms with E-state index < -0.39 is 0 Å². The van der Waals surface area contributed by atoms with E-state index in [1.165, 1.54) is 0 Å². The molecule has 2 aromatic carbocycles. The highest BCUT2D eigenvalue weighted by molar-refractivity contribution is 7.80. The third kappa shape index (κ3) is 4.79. The highest BCUT2D eigenvalue weighted by atomic mass is 32.1. The van der Waals surface area contributed by atoms with Crippen LogP contribution in [0.1, 0.15) is 18.1 Å². The molecule has 0 spiro atoms. The van der Waals surface area contributed by atoms with E-state index in [0.717, 1.165) is 5.56 Å². The number of hydrogen-bond donors (Lipinski definition) is 3. The van der Waals surface area contributed by atoms with Gasteiger partial charge in [-0.25, -0.2) is 0 Å². The molecular weight excluding hydrogens is 324 g/mol. The number of nitrogens with one attached hydrogen (secondary N) is 1. The molecule has 0 atom stereocenters. The number of rotatable bonds is 6. The first-order chi connectivity index (χ1) is 11.6. The number of benzene rings is 2. The average molecular weight is 342 g/mol. The monoisotopic (exact) mass is 342 g/mol. The van der Waals surface area contributed by atoms with Gasteiger partial charge in [-0.05, 0) is 36.8 Å². The van der Waals surface area contributed by atoms with Gasteiger partial charge in [-0.2, -0.15) is 5.10 Å². The summed E-state index contributed by atoms with van der Waals surface area (Å²) in [6.45, 7) is 2.03. The predicted molar refractivity (Wildman–Crippen MR) is 98.6 cm³/mol. The van der Waals surface area contributed by atoms with Crippen molar-refractivity contribution >= 4 is 28.8 Å². The number of para-hydroxylation sites is 1. The summed E-state index contributed by atoms with van der Waals surface area (Å²) in [6, 6.07) is 17.1. The average Bonchev–Trinajstić information content (AvgIpc) is 2.61. The van der Waals surface area contributed by atoms with E-state index in [0.29, 0.717) is 29.3 Å². The highest BCUT2D eigenvalue weighted by Crippen LogP contribution is 2.21. The van der Waals surface area contributed by atoms with Gasteiger partial charge in [0.05, 0.1) is 0 Å². The van der Waals surface area contributed by atoms with Crippen molar-refractivity contribution in [2.45, 2.75) is 13.5 Å². The minimum Gasteiger partial charge on any atom is -0.488 e. The van der Waals surface area contributed by atoms with Crippen molar-refractivity contribution < 1.29 is 9.94 Å². The summed E-state index contributed by atoms with van der Waals surface area (Å²) in [5.74, 6) is 0.604. The second kappa shape index (κ2) is 8.64. The topological polar surface area (TPSA) is 92.2 Å². The van der Waals surface area contributed by atoms with Gasteiger partial charge in [-0.15, -0.1) is 0 Å². The van der Waals surface area contributed by atoms with Crippen LogP contribution in [0.15, 0.2) is 64.9 Å². The summed E-state index contributed by atoms with van der Waals surface area (Å²) in [5, 5.41) is 16.4. The van der Waals surface area contributed by atoms with Gasteiger partial charge in [-0.3, -0.25) is 5.43 Å². The maximum atomic E-state index is 9.10. The molecule has 0 aliphatic carbocycles. The first-order valence-corrected chi connectivity index (χ1v) is 7.61. The van der Waals surface area contributed by atoms with Crippen LogP contribution in [0.4, 0.5) is 0 Å². The van der Waals surface area contributed by atoms with Gasteiger partial charge in [0.15, 0.2) is 5.11 Å². The van der Waals surface area contributed by atoms with E-state index in [-0.39, 0.29) is 5.11 Å². The summed E-state index contributed by atoms with van der Waals surface area (Å²) in [4.78, 5) is 0. The lowest BCUT2D eigenvalue weighted by Crippen LogP contribution is -2.27. The Morgan fingerprint density at radius 3 is 2.50 bits per heavy atom. The molecule has 0 aromatic heterocycles. The number of oxime groups is 1. The lowest BCUT2D eigenvalue weighted by Gasteiger charge is -2.13. The first-order valence-electron chi connectivity index (χ1n) is 7.20. The number of hydrazone groups is 1. The maximum Gasteiger partial charge on any atom is 0.184 e. The zero-order valence-electron chi connectivity index (χ0n) is 13.1. The number of nitrogens with two attached hydrogens (primary N) is 1. The van der Waals surface area contributed by atoms with E-state index in [9.17, 15) is 0 Å². The van der Waals surface area contributed by atoms with Crippen LogP contribution in [0.3, 0.4) is 0 Å². The van der Waals surface area contributed by atoms with Crippen LogP contribution in [0.2, 0.25) is 0 Å². The molecule has 4 N–H and O–H groups in total.